The van der Waals surface area contributed by atoms with Gasteiger partial charge in [-0.15, -0.1) is 0 Å². The summed E-state index contributed by atoms with van der Waals surface area (Å²) in [5, 5.41) is 2.82. The van der Waals surface area contributed by atoms with E-state index in [9.17, 15) is 9.59 Å². The van der Waals surface area contributed by atoms with Crippen molar-refractivity contribution in [2.24, 2.45) is 0 Å². The lowest BCUT2D eigenvalue weighted by molar-refractivity contribution is 0.102. The molecule has 0 aliphatic rings. The number of carbonyl (C=O) groups excluding carboxylic acids is 1. The highest BCUT2D eigenvalue weighted by molar-refractivity contribution is 6.04. The number of amides is 1. The first-order valence-corrected chi connectivity index (χ1v) is 7.74. The van der Waals surface area contributed by atoms with Crippen LogP contribution in [0.15, 0.2) is 59.8 Å². The number of benzene rings is 1. The molecule has 3 N–H and O–H groups in total. The summed E-state index contributed by atoms with van der Waals surface area (Å²) in [5.74, 6) is -0.397. The number of rotatable bonds is 3. The van der Waals surface area contributed by atoms with Crippen molar-refractivity contribution in [2.45, 2.75) is 6.92 Å². The number of fused-ring (bicyclic) bond motifs is 1. The molecule has 1 amide bonds. The third-order valence-electron chi connectivity index (χ3n) is 3.97. The molecule has 0 saturated heterocycles. The zero-order chi connectivity index (χ0) is 17.4. The van der Waals surface area contributed by atoms with Gasteiger partial charge in [0.15, 0.2) is 0 Å². The van der Waals surface area contributed by atoms with Crippen LogP contribution in [-0.2, 0) is 0 Å². The molecule has 7 heteroatoms. The minimum atomic E-state index is -0.422. The van der Waals surface area contributed by atoms with Crippen LogP contribution < -0.4 is 11.0 Å². The van der Waals surface area contributed by atoms with E-state index in [0.29, 0.717) is 5.69 Å². The van der Waals surface area contributed by atoms with E-state index in [1.54, 1.807) is 6.07 Å². The number of nitrogens with one attached hydrogen (secondary N) is 3. The summed E-state index contributed by atoms with van der Waals surface area (Å²) in [5.41, 5.74) is 3.87. The molecule has 124 valence electrons. The summed E-state index contributed by atoms with van der Waals surface area (Å²) >= 11 is 0. The SMILES string of the molecule is Cc1cccn2cc(-c3ccccc3NC(=O)c3c[nH]c(=O)[nH]3)nc12. The van der Waals surface area contributed by atoms with Gasteiger partial charge in [-0.25, -0.2) is 9.78 Å². The summed E-state index contributed by atoms with van der Waals surface area (Å²) in [6, 6.07) is 11.4. The summed E-state index contributed by atoms with van der Waals surface area (Å²) in [4.78, 5) is 33.0. The van der Waals surface area contributed by atoms with Crippen molar-refractivity contribution in [3.63, 3.8) is 0 Å². The maximum Gasteiger partial charge on any atom is 0.323 e. The molecule has 0 fully saturated rings. The van der Waals surface area contributed by atoms with Gasteiger partial charge in [-0.05, 0) is 24.6 Å². The monoisotopic (exact) mass is 333 g/mol. The van der Waals surface area contributed by atoms with Crippen molar-refractivity contribution in [3.05, 3.63) is 76.7 Å². The number of hydrogen-bond acceptors (Lipinski definition) is 3. The normalized spacial score (nSPS) is 10.9. The first-order chi connectivity index (χ1) is 12.1. The van der Waals surface area contributed by atoms with Crippen molar-refractivity contribution >= 4 is 17.2 Å². The molecule has 4 aromatic rings. The van der Waals surface area contributed by atoms with Crippen LogP contribution in [0.5, 0.6) is 0 Å². The number of aromatic amines is 2. The Morgan fingerprint density at radius 2 is 2.04 bits per heavy atom. The topological polar surface area (TPSA) is 95.0 Å². The maximum atomic E-state index is 12.3. The van der Waals surface area contributed by atoms with Gasteiger partial charge in [-0.2, -0.15) is 0 Å². The number of H-pyrrole nitrogens is 2. The molecule has 3 aromatic heterocycles. The Morgan fingerprint density at radius 3 is 2.80 bits per heavy atom. The summed E-state index contributed by atoms with van der Waals surface area (Å²) in [7, 11) is 0. The van der Waals surface area contributed by atoms with Crippen molar-refractivity contribution in [1.82, 2.24) is 19.4 Å². The molecule has 0 radical (unpaired) electrons. The molecule has 0 saturated carbocycles. The third-order valence-corrected chi connectivity index (χ3v) is 3.97. The number of pyridine rings is 1. The van der Waals surface area contributed by atoms with Crippen LogP contribution in [0.4, 0.5) is 5.69 Å². The van der Waals surface area contributed by atoms with Gasteiger partial charge in [0.05, 0.1) is 11.4 Å². The number of aryl methyl sites for hydroxylation is 1. The molecule has 3 heterocycles. The Labute approximate surface area is 142 Å². The highest BCUT2D eigenvalue weighted by atomic mass is 16.2. The number of hydrogen-bond donors (Lipinski definition) is 3. The van der Waals surface area contributed by atoms with Gasteiger partial charge in [0.1, 0.15) is 11.3 Å². The molecule has 0 atom stereocenters. The summed E-state index contributed by atoms with van der Waals surface area (Å²) in [6.07, 6.45) is 5.20. The fraction of sp³-hybridized carbons (Fsp3) is 0.0556. The average molecular weight is 333 g/mol. The lowest BCUT2D eigenvalue weighted by Crippen LogP contribution is -2.14. The van der Waals surface area contributed by atoms with E-state index < -0.39 is 11.6 Å². The number of nitrogens with zero attached hydrogens (tertiary/aromatic N) is 2. The van der Waals surface area contributed by atoms with Crippen molar-refractivity contribution in [2.75, 3.05) is 5.32 Å². The molecule has 7 nitrogen and oxygen atoms in total. The molecule has 0 unspecified atom stereocenters. The summed E-state index contributed by atoms with van der Waals surface area (Å²) in [6.45, 7) is 2.00. The molecule has 1 aromatic carbocycles. The number of anilines is 1. The smallest absolute Gasteiger partial charge is 0.320 e. The van der Waals surface area contributed by atoms with E-state index in [1.807, 2.05) is 54.0 Å². The minimum Gasteiger partial charge on any atom is -0.320 e. The molecule has 0 aliphatic heterocycles. The molecule has 25 heavy (non-hydrogen) atoms. The van der Waals surface area contributed by atoms with Crippen LogP contribution in [0, 0.1) is 6.92 Å². The van der Waals surface area contributed by atoms with Crippen molar-refractivity contribution < 1.29 is 4.79 Å². The van der Waals surface area contributed by atoms with E-state index in [2.05, 4.69) is 20.3 Å². The van der Waals surface area contributed by atoms with E-state index >= 15 is 0 Å². The summed E-state index contributed by atoms with van der Waals surface area (Å²) < 4.78 is 1.95. The van der Waals surface area contributed by atoms with Gasteiger partial charge >= 0.3 is 5.69 Å². The van der Waals surface area contributed by atoms with Gasteiger partial charge in [-0.1, -0.05) is 24.3 Å². The van der Waals surface area contributed by atoms with E-state index in [4.69, 9.17) is 0 Å². The molecule has 4 rings (SSSR count). The quantitative estimate of drug-likeness (QED) is 0.538. The van der Waals surface area contributed by atoms with Crippen molar-refractivity contribution in [3.8, 4) is 11.3 Å². The zero-order valence-electron chi connectivity index (χ0n) is 13.4. The maximum absolute atomic E-state index is 12.3. The van der Waals surface area contributed by atoms with E-state index in [1.165, 1.54) is 6.20 Å². The van der Waals surface area contributed by atoms with Crippen LogP contribution in [0.3, 0.4) is 0 Å². The fourth-order valence-corrected chi connectivity index (χ4v) is 2.74. The van der Waals surface area contributed by atoms with E-state index in [0.717, 1.165) is 22.5 Å². The first kappa shape index (κ1) is 14.9. The highest BCUT2D eigenvalue weighted by Crippen LogP contribution is 2.28. The number of carbonyl (C=O) groups is 1. The number of aromatic nitrogens is 4. The standard InChI is InChI=1S/C18H15N5O2/c1-11-5-4-8-23-10-15(20-16(11)23)12-6-2-3-7-13(12)21-17(24)14-9-19-18(25)22-14/h2-10H,1H3,(H,21,24)(H2,19,22,25). The predicted molar refractivity (Wildman–Crippen MR) is 94.7 cm³/mol. The van der Waals surface area contributed by atoms with Crippen LogP contribution in [0.2, 0.25) is 0 Å². The second-order valence-corrected chi connectivity index (χ2v) is 5.70. The predicted octanol–water partition coefficient (Wildman–Crippen LogP) is 2.58. The lowest BCUT2D eigenvalue weighted by atomic mass is 10.1. The molecule has 0 aliphatic carbocycles. The van der Waals surface area contributed by atoms with Gasteiger partial charge < -0.3 is 19.7 Å². The first-order valence-electron chi connectivity index (χ1n) is 7.74. The van der Waals surface area contributed by atoms with Crippen molar-refractivity contribution in [1.29, 1.82) is 0 Å². The lowest BCUT2D eigenvalue weighted by Gasteiger charge is -2.08. The van der Waals surface area contributed by atoms with Gasteiger partial charge in [-0.3, -0.25) is 4.79 Å². The molecule has 0 bridgehead atoms. The second-order valence-electron chi connectivity index (χ2n) is 5.70. The van der Waals surface area contributed by atoms with Crippen LogP contribution in [0.25, 0.3) is 16.9 Å². The Kier molecular flexibility index (Phi) is 3.46. The van der Waals surface area contributed by atoms with Gasteiger partial charge in [0.2, 0.25) is 0 Å². The zero-order valence-corrected chi connectivity index (χ0v) is 13.4. The molecular formula is C18H15N5O2. The largest absolute Gasteiger partial charge is 0.323 e. The highest BCUT2D eigenvalue weighted by Gasteiger charge is 2.14. The average Bonchev–Trinajstić information content (AvgIpc) is 3.22. The minimum absolute atomic E-state index is 0.172. The Balaban J connectivity index is 1.74. The van der Waals surface area contributed by atoms with Crippen LogP contribution in [0.1, 0.15) is 16.1 Å². The Hall–Kier alpha value is -3.61. The van der Waals surface area contributed by atoms with Crippen LogP contribution >= 0.6 is 0 Å². The fourth-order valence-electron chi connectivity index (χ4n) is 2.74. The van der Waals surface area contributed by atoms with Crippen LogP contribution in [-0.4, -0.2) is 25.3 Å². The number of imidazole rings is 2. The molecule has 0 spiro atoms. The number of para-hydroxylation sites is 1. The van der Waals surface area contributed by atoms with Gasteiger partial charge in [0.25, 0.3) is 5.91 Å². The second kappa shape index (κ2) is 5.79. The Bertz CT molecular complexity index is 1140. The third kappa shape index (κ3) is 2.72. The van der Waals surface area contributed by atoms with Gasteiger partial charge in [0, 0.05) is 24.2 Å². The van der Waals surface area contributed by atoms with E-state index in [-0.39, 0.29) is 5.69 Å². The Morgan fingerprint density at radius 1 is 1.20 bits per heavy atom. The molecular weight excluding hydrogens is 318 g/mol.